The molecule has 0 aliphatic heterocycles. The Kier molecular flexibility index (Phi) is 3.45. The molecule has 0 saturated heterocycles. The van der Waals surface area contributed by atoms with Crippen LogP contribution in [-0.2, 0) is 0 Å². The van der Waals surface area contributed by atoms with Crippen LogP contribution in [0.2, 0.25) is 0 Å². The molecule has 0 spiro atoms. The molecule has 4 aliphatic rings. The maximum absolute atomic E-state index is 3.75. The van der Waals surface area contributed by atoms with Crippen molar-refractivity contribution in [3.63, 3.8) is 0 Å². The molecule has 4 fully saturated rings. The largest absolute Gasteiger partial charge is 0.318 e. The third-order valence-corrected chi connectivity index (χ3v) is 5.63. The van der Waals surface area contributed by atoms with Crippen molar-refractivity contribution in [1.82, 2.24) is 10.6 Å². The molecule has 2 nitrogen and oxygen atoms in total. The quantitative estimate of drug-likeness (QED) is 0.765. The summed E-state index contributed by atoms with van der Waals surface area (Å²) in [6, 6.07) is 0.622. The maximum atomic E-state index is 3.75. The fourth-order valence-corrected chi connectivity index (χ4v) is 5.09. The zero-order chi connectivity index (χ0) is 11.8. The lowest BCUT2D eigenvalue weighted by Gasteiger charge is -2.54. The number of hydrogen-bond acceptors (Lipinski definition) is 2. The first-order valence-electron chi connectivity index (χ1n) is 7.64. The molecule has 0 aromatic rings. The molecule has 1 atom stereocenters. The highest BCUT2D eigenvalue weighted by atomic mass is 15.0. The molecule has 2 heteroatoms. The molecule has 0 heterocycles. The number of hydrogen-bond donors (Lipinski definition) is 2. The van der Waals surface area contributed by atoms with Crippen LogP contribution in [-0.4, -0.2) is 26.2 Å². The normalized spacial score (nSPS) is 45.2. The van der Waals surface area contributed by atoms with E-state index >= 15 is 0 Å². The van der Waals surface area contributed by atoms with Gasteiger partial charge in [-0.05, 0) is 82.2 Å². The Bertz CT molecular complexity index is 236. The fraction of sp³-hybridized carbons (Fsp3) is 1.00. The molecule has 0 radical (unpaired) electrons. The third kappa shape index (κ3) is 2.39. The van der Waals surface area contributed by atoms with Crippen LogP contribution in [0.15, 0.2) is 0 Å². The van der Waals surface area contributed by atoms with Crippen LogP contribution < -0.4 is 10.6 Å². The Hall–Kier alpha value is -0.0800. The van der Waals surface area contributed by atoms with Crippen molar-refractivity contribution in [3.05, 3.63) is 0 Å². The van der Waals surface area contributed by atoms with Crippen molar-refractivity contribution >= 4 is 0 Å². The minimum Gasteiger partial charge on any atom is -0.318 e. The summed E-state index contributed by atoms with van der Waals surface area (Å²) in [5.41, 5.74) is 0. The van der Waals surface area contributed by atoms with Gasteiger partial charge in [-0.2, -0.15) is 0 Å². The monoisotopic (exact) mass is 236 g/mol. The second-order valence-corrected chi connectivity index (χ2v) is 6.96. The van der Waals surface area contributed by atoms with Crippen molar-refractivity contribution in [2.75, 3.05) is 20.1 Å². The van der Waals surface area contributed by atoms with Gasteiger partial charge in [-0.25, -0.2) is 0 Å². The second-order valence-electron chi connectivity index (χ2n) is 6.96. The molecule has 4 bridgehead atoms. The number of rotatable bonds is 5. The summed E-state index contributed by atoms with van der Waals surface area (Å²) in [5.74, 6) is 5.37. The van der Waals surface area contributed by atoms with E-state index in [9.17, 15) is 0 Å². The van der Waals surface area contributed by atoms with Gasteiger partial charge in [0.1, 0.15) is 0 Å². The van der Waals surface area contributed by atoms with E-state index in [1.165, 1.54) is 6.54 Å². The van der Waals surface area contributed by atoms with E-state index in [1.54, 1.807) is 32.1 Å². The van der Waals surface area contributed by atoms with Gasteiger partial charge in [0.25, 0.3) is 0 Å². The van der Waals surface area contributed by atoms with Gasteiger partial charge >= 0.3 is 0 Å². The zero-order valence-corrected chi connectivity index (χ0v) is 11.4. The lowest BCUT2D eigenvalue weighted by molar-refractivity contribution is -0.0361. The molecule has 1 unspecified atom stereocenters. The van der Waals surface area contributed by atoms with E-state index in [0.717, 1.165) is 36.1 Å². The average Bonchev–Trinajstić information content (AvgIpc) is 2.27. The highest BCUT2D eigenvalue weighted by molar-refractivity contribution is 4.98. The van der Waals surface area contributed by atoms with Crippen molar-refractivity contribution < 1.29 is 0 Å². The van der Waals surface area contributed by atoms with Crippen LogP contribution in [0.5, 0.6) is 0 Å². The SMILES string of the molecule is CNCC(C)NCC1C2CC3CC(C2)CC1C3. The van der Waals surface area contributed by atoms with E-state index in [4.69, 9.17) is 0 Å². The number of likely N-dealkylation sites (N-methyl/N-ethyl adjacent to an activating group) is 1. The standard InChI is InChI=1S/C15H28N2/c1-10(8-16-2)17-9-15-13-4-11-3-12(6-13)7-14(15)5-11/h10-17H,3-9H2,1-2H3. The maximum Gasteiger partial charge on any atom is 0.0164 e. The fourth-order valence-electron chi connectivity index (χ4n) is 5.09. The molecular formula is C15H28N2. The predicted molar refractivity (Wildman–Crippen MR) is 71.9 cm³/mol. The summed E-state index contributed by atoms with van der Waals surface area (Å²) in [5, 5.41) is 7.01. The Morgan fingerprint density at radius 1 is 1.00 bits per heavy atom. The van der Waals surface area contributed by atoms with Crippen LogP contribution in [0.4, 0.5) is 0 Å². The minimum absolute atomic E-state index is 0.622. The van der Waals surface area contributed by atoms with Crippen LogP contribution in [0, 0.1) is 29.6 Å². The molecule has 4 aliphatic carbocycles. The van der Waals surface area contributed by atoms with Crippen molar-refractivity contribution in [2.45, 2.75) is 45.1 Å². The van der Waals surface area contributed by atoms with Crippen LogP contribution >= 0.6 is 0 Å². The second kappa shape index (κ2) is 4.89. The van der Waals surface area contributed by atoms with Gasteiger partial charge in [0.15, 0.2) is 0 Å². The summed E-state index contributed by atoms with van der Waals surface area (Å²) < 4.78 is 0. The lowest BCUT2D eigenvalue weighted by Crippen LogP contribution is -2.50. The molecule has 0 amide bonds. The van der Waals surface area contributed by atoms with Crippen molar-refractivity contribution in [3.8, 4) is 0 Å². The topological polar surface area (TPSA) is 24.1 Å². The van der Waals surface area contributed by atoms with Crippen LogP contribution in [0.1, 0.15) is 39.0 Å². The smallest absolute Gasteiger partial charge is 0.0164 e. The third-order valence-electron chi connectivity index (χ3n) is 5.63. The van der Waals surface area contributed by atoms with Gasteiger partial charge < -0.3 is 10.6 Å². The van der Waals surface area contributed by atoms with Crippen LogP contribution in [0.3, 0.4) is 0 Å². The minimum atomic E-state index is 0.622. The van der Waals surface area contributed by atoms with Gasteiger partial charge in [-0.3, -0.25) is 0 Å². The van der Waals surface area contributed by atoms with Gasteiger partial charge in [0.2, 0.25) is 0 Å². The van der Waals surface area contributed by atoms with Crippen molar-refractivity contribution in [1.29, 1.82) is 0 Å². The first-order valence-corrected chi connectivity index (χ1v) is 7.64. The number of nitrogens with one attached hydrogen (secondary N) is 2. The van der Waals surface area contributed by atoms with E-state index in [0.29, 0.717) is 6.04 Å². The van der Waals surface area contributed by atoms with Gasteiger partial charge in [0, 0.05) is 12.6 Å². The molecule has 2 N–H and O–H groups in total. The average molecular weight is 236 g/mol. The van der Waals surface area contributed by atoms with E-state index in [2.05, 4.69) is 17.6 Å². The van der Waals surface area contributed by atoms with Crippen molar-refractivity contribution in [2.24, 2.45) is 29.6 Å². The van der Waals surface area contributed by atoms with Gasteiger partial charge in [0.05, 0.1) is 0 Å². The Labute approximate surface area is 106 Å². The molecule has 98 valence electrons. The molecule has 17 heavy (non-hydrogen) atoms. The summed E-state index contributed by atoms with van der Waals surface area (Å²) in [4.78, 5) is 0. The summed E-state index contributed by atoms with van der Waals surface area (Å²) in [6.45, 7) is 4.66. The van der Waals surface area contributed by atoms with E-state index in [1.807, 2.05) is 7.05 Å². The predicted octanol–water partition coefficient (Wildman–Crippen LogP) is 2.26. The first kappa shape index (κ1) is 12.0. The van der Waals surface area contributed by atoms with E-state index < -0.39 is 0 Å². The highest BCUT2D eigenvalue weighted by Gasteiger charge is 2.47. The Balaban J connectivity index is 1.54. The van der Waals surface area contributed by atoms with Crippen LogP contribution in [0.25, 0.3) is 0 Å². The lowest BCUT2D eigenvalue weighted by atomic mass is 9.52. The Morgan fingerprint density at radius 3 is 2.12 bits per heavy atom. The Morgan fingerprint density at radius 2 is 1.59 bits per heavy atom. The summed E-state index contributed by atoms with van der Waals surface area (Å²) in [6.07, 6.45) is 7.79. The molecule has 0 aromatic carbocycles. The molecule has 4 rings (SSSR count). The van der Waals surface area contributed by atoms with Gasteiger partial charge in [-0.15, -0.1) is 0 Å². The van der Waals surface area contributed by atoms with E-state index in [-0.39, 0.29) is 0 Å². The molecular weight excluding hydrogens is 208 g/mol. The summed E-state index contributed by atoms with van der Waals surface area (Å²) >= 11 is 0. The molecule has 4 saturated carbocycles. The van der Waals surface area contributed by atoms with Gasteiger partial charge in [-0.1, -0.05) is 0 Å². The summed E-state index contributed by atoms with van der Waals surface area (Å²) in [7, 11) is 2.04. The molecule has 0 aromatic heterocycles. The highest BCUT2D eigenvalue weighted by Crippen LogP contribution is 2.56. The zero-order valence-electron chi connectivity index (χ0n) is 11.4. The first-order chi connectivity index (χ1) is 8.26.